The van der Waals surface area contributed by atoms with Crippen molar-refractivity contribution in [3.8, 4) is 5.75 Å². The highest BCUT2D eigenvalue weighted by atomic mass is 16.5. The predicted octanol–water partition coefficient (Wildman–Crippen LogP) is 3.20. The van der Waals surface area contributed by atoms with Gasteiger partial charge in [-0.05, 0) is 31.4 Å². The summed E-state index contributed by atoms with van der Waals surface area (Å²) < 4.78 is 5.66. The lowest BCUT2D eigenvalue weighted by molar-refractivity contribution is 0.307. The van der Waals surface area contributed by atoms with E-state index in [0.29, 0.717) is 0 Å². The van der Waals surface area contributed by atoms with Gasteiger partial charge in [0.25, 0.3) is 0 Å². The van der Waals surface area contributed by atoms with E-state index in [0.717, 1.165) is 44.2 Å². The van der Waals surface area contributed by atoms with Gasteiger partial charge in [-0.15, -0.1) is 0 Å². The first-order chi connectivity index (χ1) is 10.4. The van der Waals surface area contributed by atoms with E-state index in [1.165, 1.54) is 19.3 Å². The van der Waals surface area contributed by atoms with Gasteiger partial charge < -0.3 is 15.4 Å². The Labute approximate surface area is 129 Å². The van der Waals surface area contributed by atoms with Gasteiger partial charge in [-0.1, -0.05) is 38.0 Å². The molecule has 0 saturated heterocycles. The van der Waals surface area contributed by atoms with Crippen LogP contribution >= 0.6 is 0 Å². The Morgan fingerprint density at radius 1 is 1.00 bits per heavy atom. The van der Waals surface area contributed by atoms with Crippen molar-refractivity contribution in [2.24, 2.45) is 4.99 Å². The zero-order valence-electron chi connectivity index (χ0n) is 13.4. The van der Waals surface area contributed by atoms with Gasteiger partial charge in [0.2, 0.25) is 0 Å². The second kappa shape index (κ2) is 12.1. The highest BCUT2D eigenvalue weighted by Crippen LogP contribution is 2.08. The maximum absolute atomic E-state index is 5.66. The molecule has 0 amide bonds. The first-order valence-corrected chi connectivity index (χ1v) is 7.99. The van der Waals surface area contributed by atoms with E-state index in [-0.39, 0.29) is 0 Å². The first kappa shape index (κ1) is 17.3. The number of guanidine groups is 1. The predicted molar refractivity (Wildman–Crippen MR) is 90.1 cm³/mol. The summed E-state index contributed by atoms with van der Waals surface area (Å²) in [6.45, 7) is 4.88. The van der Waals surface area contributed by atoms with E-state index in [1.54, 1.807) is 0 Å². The number of ether oxygens (including phenoxy) is 1. The number of benzene rings is 1. The minimum Gasteiger partial charge on any atom is -0.494 e. The second-order valence-electron chi connectivity index (χ2n) is 5.00. The van der Waals surface area contributed by atoms with Gasteiger partial charge in [0.1, 0.15) is 5.75 Å². The maximum atomic E-state index is 5.66. The minimum atomic E-state index is 0.758. The van der Waals surface area contributed by atoms with Crippen molar-refractivity contribution in [3.63, 3.8) is 0 Å². The molecular weight excluding hydrogens is 262 g/mol. The fourth-order valence-corrected chi connectivity index (χ4v) is 1.94. The number of nitrogens with one attached hydrogen (secondary N) is 2. The summed E-state index contributed by atoms with van der Waals surface area (Å²) in [6.07, 6.45) is 5.81. The van der Waals surface area contributed by atoms with Crippen molar-refractivity contribution >= 4 is 5.96 Å². The van der Waals surface area contributed by atoms with Gasteiger partial charge in [-0.25, -0.2) is 0 Å². The normalized spacial score (nSPS) is 11.2. The Bertz CT molecular complexity index is 379. The van der Waals surface area contributed by atoms with Crippen LogP contribution in [0.1, 0.15) is 39.0 Å². The van der Waals surface area contributed by atoms with Crippen molar-refractivity contribution in [2.75, 3.05) is 26.7 Å². The number of para-hydroxylation sites is 1. The molecule has 0 unspecified atom stereocenters. The third-order valence-electron chi connectivity index (χ3n) is 3.17. The van der Waals surface area contributed by atoms with Crippen molar-refractivity contribution in [3.05, 3.63) is 30.3 Å². The van der Waals surface area contributed by atoms with E-state index in [9.17, 15) is 0 Å². The minimum absolute atomic E-state index is 0.758. The van der Waals surface area contributed by atoms with Crippen molar-refractivity contribution in [2.45, 2.75) is 39.0 Å². The van der Waals surface area contributed by atoms with E-state index >= 15 is 0 Å². The lowest BCUT2D eigenvalue weighted by atomic mass is 10.2. The highest BCUT2D eigenvalue weighted by Gasteiger charge is 1.97. The standard InChI is InChI=1S/C17H29N3O/c1-3-4-8-13-19-17(18-2)20-14-9-10-15-21-16-11-6-5-7-12-16/h5-7,11-12H,3-4,8-10,13-15H2,1-2H3,(H2,18,19,20). The molecule has 0 aliphatic carbocycles. The lowest BCUT2D eigenvalue weighted by Gasteiger charge is -2.11. The molecule has 0 fully saturated rings. The molecule has 0 atom stereocenters. The van der Waals surface area contributed by atoms with Crippen LogP contribution < -0.4 is 15.4 Å². The molecule has 1 rings (SSSR count). The molecule has 1 aromatic rings. The summed E-state index contributed by atoms with van der Waals surface area (Å²) >= 11 is 0. The van der Waals surface area contributed by atoms with Gasteiger partial charge in [-0.3, -0.25) is 4.99 Å². The smallest absolute Gasteiger partial charge is 0.190 e. The van der Waals surface area contributed by atoms with Crippen LogP contribution in [-0.4, -0.2) is 32.7 Å². The number of aliphatic imine (C=N–C) groups is 1. The summed E-state index contributed by atoms with van der Waals surface area (Å²) in [5.74, 6) is 1.84. The molecule has 0 aromatic heterocycles. The van der Waals surface area contributed by atoms with Crippen LogP contribution in [0.2, 0.25) is 0 Å². The molecular formula is C17H29N3O. The molecule has 0 bridgehead atoms. The van der Waals surface area contributed by atoms with E-state index in [2.05, 4.69) is 22.5 Å². The molecule has 0 radical (unpaired) electrons. The van der Waals surface area contributed by atoms with Crippen LogP contribution in [0.3, 0.4) is 0 Å². The van der Waals surface area contributed by atoms with Crippen LogP contribution in [0.15, 0.2) is 35.3 Å². The molecule has 4 heteroatoms. The Balaban J connectivity index is 1.99. The Kier molecular flexibility index (Phi) is 9.96. The van der Waals surface area contributed by atoms with Crippen molar-refractivity contribution in [1.82, 2.24) is 10.6 Å². The Morgan fingerprint density at radius 2 is 1.67 bits per heavy atom. The summed E-state index contributed by atoms with van der Waals surface area (Å²) in [5.41, 5.74) is 0. The van der Waals surface area contributed by atoms with Gasteiger partial charge >= 0.3 is 0 Å². The van der Waals surface area contributed by atoms with Crippen molar-refractivity contribution in [1.29, 1.82) is 0 Å². The summed E-state index contributed by atoms with van der Waals surface area (Å²) in [7, 11) is 1.81. The Hall–Kier alpha value is -1.71. The van der Waals surface area contributed by atoms with E-state index < -0.39 is 0 Å². The van der Waals surface area contributed by atoms with Crippen LogP contribution in [-0.2, 0) is 0 Å². The van der Waals surface area contributed by atoms with E-state index in [1.807, 2.05) is 37.4 Å². The summed E-state index contributed by atoms with van der Waals surface area (Å²) in [5, 5.41) is 6.66. The number of hydrogen-bond donors (Lipinski definition) is 2. The third-order valence-corrected chi connectivity index (χ3v) is 3.17. The molecule has 0 spiro atoms. The highest BCUT2D eigenvalue weighted by molar-refractivity contribution is 5.79. The number of rotatable bonds is 10. The molecule has 0 saturated carbocycles. The topological polar surface area (TPSA) is 45.7 Å². The van der Waals surface area contributed by atoms with Crippen LogP contribution in [0, 0.1) is 0 Å². The largest absolute Gasteiger partial charge is 0.494 e. The SMILES string of the molecule is CCCCCNC(=NC)NCCCCOc1ccccc1. The van der Waals surface area contributed by atoms with E-state index in [4.69, 9.17) is 4.74 Å². The number of hydrogen-bond acceptors (Lipinski definition) is 2. The molecule has 0 heterocycles. The van der Waals surface area contributed by atoms with Gasteiger partial charge in [0.05, 0.1) is 6.61 Å². The zero-order chi connectivity index (χ0) is 15.2. The Morgan fingerprint density at radius 3 is 2.29 bits per heavy atom. The monoisotopic (exact) mass is 291 g/mol. The van der Waals surface area contributed by atoms with Gasteiger partial charge in [0, 0.05) is 20.1 Å². The fraction of sp³-hybridized carbons (Fsp3) is 0.588. The van der Waals surface area contributed by atoms with Gasteiger partial charge in [0.15, 0.2) is 5.96 Å². The summed E-state index contributed by atoms with van der Waals surface area (Å²) in [4.78, 5) is 4.21. The quantitative estimate of drug-likeness (QED) is 0.395. The maximum Gasteiger partial charge on any atom is 0.190 e. The second-order valence-corrected chi connectivity index (χ2v) is 5.00. The average molecular weight is 291 g/mol. The molecule has 1 aromatic carbocycles. The third kappa shape index (κ3) is 8.95. The van der Waals surface area contributed by atoms with Gasteiger partial charge in [-0.2, -0.15) is 0 Å². The molecule has 4 nitrogen and oxygen atoms in total. The van der Waals surface area contributed by atoms with Crippen molar-refractivity contribution < 1.29 is 4.74 Å². The number of nitrogens with zero attached hydrogens (tertiary/aromatic N) is 1. The number of unbranched alkanes of at least 4 members (excludes halogenated alkanes) is 3. The zero-order valence-corrected chi connectivity index (χ0v) is 13.4. The lowest BCUT2D eigenvalue weighted by Crippen LogP contribution is -2.38. The average Bonchev–Trinajstić information content (AvgIpc) is 2.53. The molecule has 118 valence electrons. The first-order valence-electron chi connectivity index (χ1n) is 7.99. The molecule has 2 N–H and O–H groups in total. The summed E-state index contributed by atoms with van der Waals surface area (Å²) in [6, 6.07) is 9.95. The van der Waals surface area contributed by atoms with Crippen LogP contribution in [0.5, 0.6) is 5.75 Å². The van der Waals surface area contributed by atoms with Crippen LogP contribution in [0.25, 0.3) is 0 Å². The fourth-order valence-electron chi connectivity index (χ4n) is 1.94. The van der Waals surface area contributed by atoms with Crippen LogP contribution in [0.4, 0.5) is 0 Å². The molecule has 21 heavy (non-hydrogen) atoms. The molecule has 0 aliphatic rings. The molecule has 0 aliphatic heterocycles.